The van der Waals surface area contributed by atoms with Crippen LogP contribution in [0.5, 0.6) is 0 Å². The molecule has 1 aliphatic rings. The van der Waals surface area contributed by atoms with Crippen molar-refractivity contribution in [3.05, 3.63) is 56.9 Å². The molecule has 37 heavy (non-hydrogen) atoms. The number of nitrogens with zero attached hydrogens (tertiary/aromatic N) is 3. The molecule has 0 aliphatic carbocycles. The molecule has 1 aliphatic heterocycles. The molecule has 0 saturated carbocycles. The van der Waals surface area contributed by atoms with Gasteiger partial charge in [0.1, 0.15) is 16.5 Å². The maximum Gasteiger partial charge on any atom is 0.519 e. The van der Waals surface area contributed by atoms with Crippen LogP contribution in [0.2, 0.25) is 0 Å². The summed E-state index contributed by atoms with van der Waals surface area (Å²) in [5.41, 5.74) is 6.35. The van der Waals surface area contributed by atoms with Crippen LogP contribution in [0.25, 0.3) is 10.4 Å². The molecule has 2 N–H and O–H groups in total. The summed E-state index contributed by atoms with van der Waals surface area (Å²) in [5, 5.41) is 0.627. The Morgan fingerprint density at radius 1 is 1.27 bits per heavy atom. The number of aryl methyl sites for hydroxylation is 2. The molecular weight excluding hydrogens is 500 g/mol. The zero-order valence-corrected chi connectivity index (χ0v) is 21.8. The Morgan fingerprint density at radius 3 is 2.70 bits per heavy atom. The van der Waals surface area contributed by atoms with Crippen molar-refractivity contribution in [3.8, 4) is 10.4 Å². The van der Waals surface area contributed by atoms with Crippen LogP contribution in [-0.4, -0.2) is 45.2 Å². The Hall–Kier alpha value is -3.80. The van der Waals surface area contributed by atoms with Crippen molar-refractivity contribution in [1.82, 2.24) is 14.9 Å². The second-order valence-electron chi connectivity index (χ2n) is 9.41. The van der Waals surface area contributed by atoms with Gasteiger partial charge in [-0.1, -0.05) is 0 Å². The average molecular weight is 529 g/mol. The van der Waals surface area contributed by atoms with Crippen LogP contribution in [-0.2, 0) is 37.6 Å². The number of likely N-dealkylation sites (tertiary alicyclic amines) is 1. The molecule has 1 saturated heterocycles. The lowest BCUT2D eigenvalue weighted by Crippen LogP contribution is -2.44. The number of aromatic nitrogens is 2. The summed E-state index contributed by atoms with van der Waals surface area (Å²) in [7, 11) is 0. The Bertz CT molecular complexity index is 1400. The summed E-state index contributed by atoms with van der Waals surface area (Å²) >= 11 is 1.38. The molecule has 2 amide bonds. The number of nitrogens with two attached hydrogens (primary N) is 1. The van der Waals surface area contributed by atoms with Crippen molar-refractivity contribution in [1.29, 1.82) is 0 Å². The fraction of sp³-hybridized carbons (Fsp3) is 0.440. The number of pyridine rings is 1. The largest absolute Gasteiger partial charge is 0.519 e. The Kier molecular flexibility index (Phi) is 7.30. The van der Waals surface area contributed by atoms with Crippen LogP contribution in [0.4, 0.5) is 0 Å². The minimum atomic E-state index is -1.11. The van der Waals surface area contributed by atoms with Gasteiger partial charge < -0.3 is 24.2 Å². The van der Waals surface area contributed by atoms with E-state index in [4.69, 9.17) is 19.3 Å². The summed E-state index contributed by atoms with van der Waals surface area (Å²) in [6.45, 7) is 7.05. The molecule has 3 aromatic rings. The predicted molar refractivity (Wildman–Crippen MR) is 133 cm³/mol. The quantitative estimate of drug-likeness (QED) is 0.433. The van der Waals surface area contributed by atoms with Crippen molar-refractivity contribution in [2.24, 2.45) is 5.73 Å². The van der Waals surface area contributed by atoms with E-state index in [1.165, 1.54) is 16.2 Å². The zero-order chi connectivity index (χ0) is 26.9. The minimum Gasteiger partial charge on any atom is -0.457 e. The predicted octanol–water partition coefficient (Wildman–Crippen LogP) is 2.41. The summed E-state index contributed by atoms with van der Waals surface area (Å²) in [6.07, 6.45) is 3.01. The number of carbonyl (C=O) groups is 3. The van der Waals surface area contributed by atoms with E-state index in [0.29, 0.717) is 23.7 Å². The van der Waals surface area contributed by atoms with E-state index < -0.39 is 29.2 Å². The number of amides is 2. The highest BCUT2D eigenvalue weighted by Crippen LogP contribution is 2.33. The third-order valence-corrected chi connectivity index (χ3v) is 7.59. The molecule has 4 heterocycles. The van der Waals surface area contributed by atoms with Gasteiger partial charge >= 0.3 is 11.8 Å². The van der Waals surface area contributed by atoms with E-state index in [1.54, 1.807) is 33.0 Å². The fourth-order valence-electron chi connectivity index (χ4n) is 4.22. The Balaban J connectivity index is 1.49. The first-order valence-electron chi connectivity index (χ1n) is 11.8. The summed E-state index contributed by atoms with van der Waals surface area (Å²) in [5.74, 6) is -1.68. The molecule has 4 rings (SSSR count). The lowest BCUT2D eigenvalue weighted by Gasteiger charge is -2.22. The first-order valence-corrected chi connectivity index (χ1v) is 12.6. The zero-order valence-electron chi connectivity index (χ0n) is 21.0. The molecular formula is C25H28N4O7S. The first-order chi connectivity index (χ1) is 17.5. The summed E-state index contributed by atoms with van der Waals surface area (Å²) in [6, 6.07) is 3.04. The monoisotopic (exact) mass is 528 g/mol. The van der Waals surface area contributed by atoms with Crippen molar-refractivity contribution in [3.63, 3.8) is 0 Å². The first kappa shape index (κ1) is 26.3. The van der Waals surface area contributed by atoms with Crippen LogP contribution in [0.15, 0.2) is 32.0 Å². The number of primary amides is 1. The molecule has 196 valence electrons. The third kappa shape index (κ3) is 5.48. The Labute approximate surface area is 216 Å². The minimum absolute atomic E-state index is 0.0780. The number of carbonyl (C=O) groups excluding carboxylic acids is 3. The molecule has 0 unspecified atom stereocenters. The third-order valence-electron chi connectivity index (χ3n) is 6.39. The number of hydrogen-bond acceptors (Lipinski definition) is 10. The lowest BCUT2D eigenvalue weighted by atomic mass is 9.88. The van der Waals surface area contributed by atoms with Gasteiger partial charge in [-0.3, -0.25) is 19.4 Å². The molecule has 0 spiro atoms. The van der Waals surface area contributed by atoms with Crippen LogP contribution >= 0.6 is 11.3 Å². The topological polar surface area (TPSA) is 159 Å². The van der Waals surface area contributed by atoms with E-state index in [2.05, 4.69) is 9.97 Å². The van der Waals surface area contributed by atoms with Gasteiger partial charge in [0.15, 0.2) is 18.1 Å². The molecule has 0 radical (unpaired) electrons. The van der Waals surface area contributed by atoms with Gasteiger partial charge in [0.25, 0.3) is 0 Å². The van der Waals surface area contributed by atoms with Crippen LogP contribution in [0.3, 0.4) is 0 Å². The van der Waals surface area contributed by atoms with Crippen LogP contribution in [0.1, 0.15) is 54.6 Å². The van der Waals surface area contributed by atoms with Crippen LogP contribution < -0.4 is 11.6 Å². The smallest absolute Gasteiger partial charge is 0.457 e. The SMILES string of the molecule is Cc1nc(CC(=O)N2CCC[C@H]2C(N)=O)sc1-c1ccnc(C(C)(C)C(=O)OCc2oc(=O)oc2C)c1. The average Bonchev–Trinajstić information content (AvgIpc) is 3.56. The van der Waals surface area contributed by atoms with Crippen molar-refractivity contribution >= 4 is 29.1 Å². The molecule has 11 nitrogen and oxygen atoms in total. The standard InChI is InChI=1S/C25H28N4O7S/c1-13-21(37-19(28-13)11-20(30)29-9-5-6-16(29)22(26)31)15-7-8-27-18(10-15)25(3,4)23(32)34-12-17-14(2)35-24(33)36-17/h7-8,10,16H,5-6,9,11-12H2,1-4H3,(H2,26,31)/t16-/m0/s1. The molecule has 3 aromatic heterocycles. The summed E-state index contributed by atoms with van der Waals surface area (Å²) in [4.78, 5) is 59.9. The molecule has 12 heteroatoms. The number of esters is 1. The summed E-state index contributed by atoms with van der Waals surface area (Å²) < 4.78 is 15.0. The molecule has 0 aromatic carbocycles. The van der Waals surface area contributed by atoms with Gasteiger partial charge in [0, 0.05) is 12.7 Å². The molecule has 0 bridgehead atoms. The van der Waals surface area contributed by atoms with Gasteiger partial charge in [-0.15, -0.1) is 11.3 Å². The van der Waals surface area contributed by atoms with Gasteiger partial charge in [0.05, 0.1) is 22.7 Å². The normalized spacial score (nSPS) is 15.7. The maximum atomic E-state index is 12.9. The van der Waals surface area contributed by atoms with Crippen molar-refractivity contribution in [2.45, 2.75) is 65.0 Å². The number of thiazole rings is 1. The number of rotatable bonds is 8. The Morgan fingerprint density at radius 2 is 2.03 bits per heavy atom. The van der Waals surface area contributed by atoms with E-state index in [0.717, 1.165) is 22.6 Å². The van der Waals surface area contributed by atoms with E-state index in [1.807, 2.05) is 13.0 Å². The highest BCUT2D eigenvalue weighted by Gasteiger charge is 2.35. The number of ether oxygens (including phenoxy) is 1. The van der Waals surface area contributed by atoms with E-state index in [9.17, 15) is 19.2 Å². The van der Waals surface area contributed by atoms with Crippen molar-refractivity contribution < 1.29 is 28.0 Å². The second-order valence-corrected chi connectivity index (χ2v) is 10.5. The van der Waals surface area contributed by atoms with Crippen molar-refractivity contribution in [2.75, 3.05) is 6.54 Å². The number of hydrogen-bond donors (Lipinski definition) is 1. The lowest BCUT2D eigenvalue weighted by molar-refractivity contribution is -0.151. The van der Waals surface area contributed by atoms with E-state index >= 15 is 0 Å². The second kappa shape index (κ2) is 10.3. The fourth-order valence-corrected chi connectivity index (χ4v) is 5.28. The van der Waals surface area contributed by atoms with Gasteiger partial charge in [-0.05, 0) is 58.2 Å². The molecule has 1 fully saturated rings. The van der Waals surface area contributed by atoms with E-state index in [-0.39, 0.29) is 30.5 Å². The van der Waals surface area contributed by atoms with Crippen LogP contribution in [0, 0.1) is 13.8 Å². The van der Waals surface area contributed by atoms with Gasteiger partial charge in [-0.2, -0.15) is 0 Å². The molecule has 1 atom stereocenters. The maximum absolute atomic E-state index is 12.9. The highest BCUT2D eigenvalue weighted by molar-refractivity contribution is 7.15. The van der Waals surface area contributed by atoms with Gasteiger partial charge in [0.2, 0.25) is 11.8 Å². The highest BCUT2D eigenvalue weighted by atomic mass is 32.1. The van der Waals surface area contributed by atoms with Gasteiger partial charge in [-0.25, -0.2) is 9.78 Å².